The molecule has 0 spiro atoms. The Morgan fingerprint density at radius 2 is 1.87 bits per heavy atom. The quantitative estimate of drug-likeness (QED) is 0.508. The van der Waals surface area contributed by atoms with Crippen LogP contribution in [-0.2, 0) is 17.7 Å². The smallest absolute Gasteiger partial charge is 0.318 e. The minimum Gasteiger partial charge on any atom is -0.497 e. The van der Waals surface area contributed by atoms with Crippen LogP contribution in [0.5, 0.6) is 11.8 Å². The van der Waals surface area contributed by atoms with Gasteiger partial charge in [-0.15, -0.1) is 0 Å². The Kier molecular flexibility index (Phi) is 7.23. The van der Waals surface area contributed by atoms with Crippen LogP contribution < -0.4 is 24.6 Å². The van der Waals surface area contributed by atoms with E-state index in [1.165, 1.54) is 22.0 Å². The van der Waals surface area contributed by atoms with Crippen molar-refractivity contribution in [2.45, 2.75) is 31.5 Å². The lowest BCUT2D eigenvalue weighted by molar-refractivity contribution is 0.111. The molecule has 2 aromatic carbocycles. The van der Waals surface area contributed by atoms with E-state index >= 15 is 0 Å². The molecular formula is C29H38N6O3. The van der Waals surface area contributed by atoms with E-state index in [1.54, 1.807) is 14.2 Å². The summed E-state index contributed by atoms with van der Waals surface area (Å²) in [5, 5.41) is 5.86. The van der Waals surface area contributed by atoms with Gasteiger partial charge in [-0.1, -0.05) is 24.3 Å². The highest BCUT2D eigenvalue weighted by molar-refractivity contribution is 5.95. The van der Waals surface area contributed by atoms with Crippen molar-refractivity contribution in [2.75, 3.05) is 76.9 Å². The van der Waals surface area contributed by atoms with Gasteiger partial charge in [0, 0.05) is 75.1 Å². The summed E-state index contributed by atoms with van der Waals surface area (Å²) in [6, 6.07) is 13.5. The molecule has 3 aromatic rings. The Bertz CT molecular complexity index is 1280. The second-order valence-electron chi connectivity index (χ2n) is 10.5. The maximum Gasteiger partial charge on any atom is 0.318 e. The van der Waals surface area contributed by atoms with Crippen LogP contribution in [0.25, 0.3) is 10.8 Å². The number of likely N-dealkylation sites (tertiary alicyclic amines) is 1. The number of likely N-dealkylation sites (N-methyl/N-ethyl adjacent to an activating group) is 1. The van der Waals surface area contributed by atoms with Crippen molar-refractivity contribution in [3.05, 3.63) is 47.7 Å². The highest BCUT2D eigenvalue weighted by atomic mass is 16.5. The molecule has 202 valence electrons. The van der Waals surface area contributed by atoms with Gasteiger partial charge in [0.05, 0.1) is 25.5 Å². The zero-order chi connectivity index (χ0) is 26.1. The third-order valence-corrected chi connectivity index (χ3v) is 8.22. The number of methoxy groups -OCH3 is 2. The minimum absolute atomic E-state index is 0.251. The molecule has 1 N–H and O–H groups in total. The molecule has 0 amide bonds. The van der Waals surface area contributed by atoms with E-state index in [-0.39, 0.29) is 6.10 Å². The van der Waals surface area contributed by atoms with E-state index in [0.717, 1.165) is 69.4 Å². The van der Waals surface area contributed by atoms with Gasteiger partial charge in [-0.2, -0.15) is 9.97 Å². The van der Waals surface area contributed by atoms with Crippen molar-refractivity contribution >= 4 is 22.3 Å². The molecule has 3 aliphatic heterocycles. The van der Waals surface area contributed by atoms with Crippen molar-refractivity contribution in [3.63, 3.8) is 0 Å². The number of piperazine rings is 1. The van der Waals surface area contributed by atoms with E-state index in [2.05, 4.69) is 63.5 Å². The molecule has 4 heterocycles. The van der Waals surface area contributed by atoms with Gasteiger partial charge in [0.25, 0.3) is 0 Å². The van der Waals surface area contributed by atoms with E-state index in [9.17, 15) is 0 Å². The second-order valence-corrected chi connectivity index (χ2v) is 10.5. The van der Waals surface area contributed by atoms with Gasteiger partial charge in [0.15, 0.2) is 0 Å². The molecule has 1 aromatic heterocycles. The number of nitrogens with zero attached hydrogens (tertiary/aromatic N) is 5. The summed E-state index contributed by atoms with van der Waals surface area (Å²) < 4.78 is 17.5. The highest BCUT2D eigenvalue weighted by Gasteiger charge is 2.31. The lowest BCUT2D eigenvalue weighted by atomic mass is 10.0. The van der Waals surface area contributed by atoms with Crippen molar-refractivity contribution in [1.82, 2.24) is 20.2 Å². The summed E-state index contributed by atoms with van der Waals surface area (Å²) in [6.07, 6.45) is 2.10. The molecule has 2 saturated heterocycles. The summed E-state index contributed by atoms with van der Waals surface area (Å²) in [7, 11) is 5.64. The minimum atomic E-state index is 0.251. The Labute approximate surface area is 224 Å². The first-order valence-corrected chi connectivity index (χ1v) is 13.7. The Hall–Kier alpha value is -3.14. The molecule has 2 atom stereocenters. The SMILES string of the molecule is COc1cc(N2CCc3c(nc(OC[C@@H]4C[C@@H](OC)CN4C)nc3N3CCNCC3)C2)c2ccccc2c1. The maximum absolute atomic E-state index is 6.30. The molecule has 0 saturated carbocycles. The van der Waals surface area contributed by atoms with Gasteiger partial charge in [-0.3, -0.25) is 4.90 Å². The lowest BCUT2D eigenvalue weighted by Gasteiger charge is -2.35. The predicted molar refractivity (Wildman–Crippen MR) is 150 cm³/mol. The Morgan fingerprint density at radius 3 is 2.66 bits per heavy atom. The first-order valence-electron chi connectivity index (χ1n) is 13.7. The molecule has 38 heavy (non-hydrogen) atoms. The van der Waals surface area contributed by atoms with Crippen LogP contribution in [0.3, 0.4) is 0 Å². The summed E-state index contributed by atoms with van der Waals surface area (Å²) >= 11 is 0. The average molecular weight is 519 g/mol. The van der Waals surface area contributed by atoms with Gasteiger partial charge in [-0.05, 0) is 31.3 Å². The second kappa shape index (κ2) is 10.9. The zero-order valence-corrected chi connectivity index (χ0v) is 22.7. The molecule has 0 bridgehead atoms. The molecular weight excluding hydrogens is 480 g/mol. The number of ether oxygens (including phenoxy) is 3. The molecule has 0 aliphatic carbocycles. The maximum atomic E-state index is 6.30. The van der Waals surface area contributed by atoms with Crippen LogP contribution in [-0.4, -0.2) is 94.2 Å². The van der Waals surface area contributed by atoms with Crippen molar-refractivity contribution in [3.8, 4) is 11.8 Å². The first kappa shape index (κ1) is 25.2. The summed E-state index contributed by atoms with van der Waals surface area (Å²) in [6.45, 7) is 6.88. The average Bonchev–Trinajstić information content (AvgIpc) is 3.34. The summed E-state index contributed by atoms with van der Waals surface area (Å²) in [5.74, 6) is 1.91. The number of hydrogen-bond donors (Lipinski definition) is 1. The largest absolute Gasteiger partial charge is 0.497 e. The predicted octanol–water partition coefficient (Wildman–Crippen LogP) is 2.71. The molecule has 9 nitrogen and oxygen atoms in total. The number of rotatable bonds is 7. The normalized spacial score (nSPS) is 22.1. The van der Waals surface area contributed by atoms with Crippen LogP contribution >= 0.6 is 0 Å². The number of nitrogens with one attached hydrogen (secondary N) is 1. The number of benzene rings is 2. The first-order chi connectivity index (χ1) is 18.6. The van der Waals surface area contributed by atoms with Crippen molar-refractivity contribution < 1.29 is 14.2 Å². The van der Waals surface area contributed by atoms with E-state index in [4.69, 9.17) is 24.2 Å². The number of anilines is 2. The fraction of sp³-hybridized carbons (Fsp3) is 0.517. The molecule has 3 aliphatic rings. The molecule has 0 radical (unpaired) electrons. The number of fused-ring (bicyclic) bond motifs is 2. The topological polar surface area (TPSA) is 75.2 Å². The number of hydrogen-bond acceptors (Lipinski definition) is 9. The van der Waals surface area contributed by atoms with Gasteiger partial charge < -0.3 is 29.3 Å². The monoisotopic (exact) mass is 518 g/mol. The van der Waals surface area contributed by atoms with Crippen molar-refractivity contribution in [2.24, 2.45) is 0 Å². The number of aromatic nitrogens is 2. The molecule has 0 unspecified atom stereocenters. The Balaban J connectivity index is 1.31. The van der Waals surface area contributed by atoms with Crippen LogP contribution in [0.4, 0.5) is 11.5 Å². The lowest BCUT2D eigenvalue weighted by Crippen LogP contribution is -2.45. The molecule has 9 heteroatoms. The fourth-order valence-corrected chi connectivity index (χ4v) is 6.00. The van der Waals surface area contributed by atoms with E-state index in [0.29, 0.717) is 25.2 Å². The fourth-order valence-electron chi connectivity index (χ4n) is 6.00. The standard InChI is InChI=1S/C29H38N6O3/c1-33-17-23(37-3)15-21(33)19-38-29-31-26-18-35(11-8-25(26)28(32-29)34-12-9-30-10-13-34)27-16-22(36-2)14-20-6-4-5-7-24(20)27/h4-7,14,16,21,23,30H,8-13,15,17-19H2,1-3H3/t21-,23+/m0/s1. The van der Waals surface area contributed by atoms with Crippen LogP contribution in [0, 0.1) is 0 Å². The zero-order valence-electron chi connectivity index (χ0n) is 22.7. The molecule has 2 fully saturated rings. The highest BCUT2D eigenvalue weighted by Crippen LogP contribution is 2.36. The van der Waals surface area contributed by atoms with E-state index < -0.39 is 0 Å². The third-order valence-electron chi connectivity index (χ3n) is 8.22. The van der Waals surface area contributed by atoms with Crippen LogP contribution in [0.1, 0.15) is 17.7 Å². The van der Waals surface area contributed by atoms with Gasteiger partial charge in [0.1, 0.15) is 18.2 Å². The summed E-state index contributed by atoms with van der Waals surface area (Å²) in [4.78, 5) is 17.1. The van der Waals surface area contributed by atoms with Gasteiger partial charge in [-0.25, -0.2) is 0 Å². The Morgan fingerprint density at radius 1 is 1.03 bits per heavy atom. The van der Waals surface area contributed by atoms with Crippen LogP contribution in [0.2, 0.25) is 0 Å². The van der Waals surface area contributed by atoms with Crippen molar-refractivity contribution in [1.29, 1.82) is 0 Å². The van der Waals surface area contributed by atoms with Gasteiger partial charge >= 0.3 is 6.01 Å². The van der Waals surface area contributed by atoms with E-state index in [1.807, 2.05) is 0 Å². The van der Waals surface area contributed by atoms with Crippen LogP contribution in [0.15, 0.2) is 36.4 Å². The summed E-state index contributed by atoms with van der Waals surface area (Å²) in [5.41, 5.74) is 3.48. The third kappa shape index (κ3) is 4.98. The van der Waals surface area contributed by atoms with Gasteiger partial charge in [0.2, 0.25) is 0 Å². The molecule has 6 rings (SSSR count).